The van der Waals surface area contributed by atoms with Gasteiger partial charge in [-0.05, 0) is 37.9 Å². The Morgan fingerprint density at radius 3 is 2.70 bits per heavy atom. The van der Waals surface area contributed by atoms with Crippen LogP contribution in [0.1, 0.15) is 36.7 Å². The summed E-state index contributed by atoms with van der Waals surface area (Å²) in [5.41, 5.74) is 1.40. The number of hydrogen-bond donors (Lipinski definition) is 2. The summed E-state index contributed by atoms with van der Waals surface area (Å²) in [6.07, 6.45) is 4.93. The molecule has 0 saturated carbocycles. The molecule has 1 fully saturated rings. The van der Waals surface area contributed by atoms with E-state index in [9.17, 15) is 4.79 Å². The number of nitrogens with one attached hydrogen (secondary N) is 2. The van der Waals surface area contributed by atoms with Crippen molar-refractivity contribution in [3.05, 3.63) is 24.0 Å². The Kier molecular flexibility index (Phi) is 5.35. The second-order valence-electron chi connectivity index (χ2n) is 5.27. The van der Waals surface area contributed by atoms with E-state index in [-0.39, 0.29) is 11.9 Å². The maximum Gasteiger partial charge on any atom is 0.270 e. The van der Waals surface area contributed by atoms with Crippen LogP contribution in [0.15, 0.2) is 18.3 Å². The third kappa shape index (κ3) is 3.93. The molecule has 110 valence electrons. The summed E-state index contributed by atoms with van der Waals surface area (Å²) in [6.45, 7) is 5.51. The van der Waals surface area contributed by atoms with Gasteiger partial charge in [-0.15, -0.1) is 0 Å². The number of nitrogens with zero attached hydrogens (tertiary/aromatic N) is 2. The highest BCUT2D eigenvalue weighted by Crippen LogP contribution is 2.11. The van der Waals surface area contributed by atoms with Crippen molar-refractivity contribution in [2.75, 3.05) is 32.0 Å². The van der Waals surface area contributed by atoms with Gasteiger partial charge in [-0.1, -0.05) is 6.92 Å². The molecule has 0 unspecified atom stereocenters. The first-order chi connectivity index (χ1) is 9.72. The molecule has 1 saturated heterocycles. The van der Waals surface area contributed by atoms with Gasteiger partial charge in [0.2, 0.25) is 0 Å². The van der Waals surface area contributed by atoms with E-state index in [2.05, 4.69) is 27.4 Å². The molecule has 5 heteroatoms. The molecule has 1 aromatic heterocycles. The summed E-state index contributed by atoms with van der Waals surface area (Å²) in [6, 6.07) is 3.90. The second kappa shape index (κ2) is 7.24. The highest BCUT2D eigenvalue weighted by atomic mass is 16.1. The summed E-state index contributed by atoms with van der Waals surface area (Å²) in [4.78, 5) is 18.7. The van der Waals surface area contributed by atoms with Crippen LogP contribution in [-0.2, 0) is 0 Å². The lowest BCUT2D eigenvalue weighted by molar-refractivity contribution is 0.0906. The molecule has 2 rings (SSSR count). The quantitative estimate of drug-likeness (QED) is 0.860. The number of hydrogen-bond acceptors (Lipinski definition) is 4. The molecule has 1 aliphatic heterocycles. The highest BCUT2D eigenvalue weighted by molar-refractivity contribution is 5.92. The minimum Gasteiger partial charge on any atom is -0.387 e. The third-order valence-electron chi connectivity index (χ3n) is 3.75. The summed E-state index contributed by atoms with van der Waals surface area (Å²) >= 11 is 0. The molecule has 0 aromatic carbocycles. The summed E-state index contributed by atoms with van der Waals surface area (Å²) in [7, 11) is 1.83. The van der Waals surface area contributed by atoms with Crippen molar-refractivity contribution in [3.63, 3.8) is 0 Å². The van der Waals surface area contributed by atoms with Crippen LogP contribution in [0.2, 0.25) is 0 Å². The average Bonchev–Trinajstić information content (AvgIpc) is 2.49. The molecule has 1 aliphatic rings. The van der Waals surface area contributed by atoms with Crippen LogP contribution in [0, 0.1) is 0 Å². The van der Waals surface area contributed by atoms with Gasteiger partial charge in [0.05, 0.1) is 11.9 Å². The van der Waals surface area contributed by atoms with Gasteiger partial charge in [0.1, 0.15) is 5.69 Å². The number of carbonyl (C=O) groups excluding carboxylic acids is 1. The zero-order chi connectivity index (χ0) is 14.4. The molecule has 1 aromatic rings. The van der Waals surface area contributed by atoms with E-state index >= 15 is 0 Å². The second-order valence-corrected chi connectivity index (χ2v) is 5.27. The van der Waals surface area contributed by atoms with Crippen molar-refractivity contribution in [2.45, 2.75) is 32.2 Å². The molecule has 0 spiro atoms. The summed E-state index contributed by atoms with van der Waals surface area (Å²) < 4.78 is 0. The van der Waals surface area contributed by atoms with Crippen molar-refractivity contribution < 1.29 is 4.79 Å². The Hall–Kier alpha value is -1.62. The van der Waals surface area contributed by atoms with Crippen molar-refractivity contribution in [3.8, 4) is 0 Å². The third-order valence-corrected chi connectivity index (χ3v) is 3.75. The van der Waals surface area contributed by atoms with Gasteiger partial charge >= 0.3 is 0 Å². The molecular weight excluding hydrogens is 252 g/mol. The number of carbonyl (C=O) groups is 1. The minimum absolute atomic E-state index is 0.0680. The fraction of sp³-hybridized carbons (Fsp3) is 0.600. The molecule has 5 nitrogen and oxygen atoms in total. The smallest absolute Gasteiger partial charge is 0.270 e. The van der Waals surface area contributed by atoms with E-state index in [1.807, 2.05) is 13.1 Å². The topological polar surface area (TPSA) is 57.3 Å². The first kappa shape index (κ1) is 14.8. The molecular formula is C15H24N4O. The molecule has 20 heavy (non-hydrogen) atoms. The molecule has 0 bridgehead atoms. The fourth-order valence-corrected chi connectivity index (χ4v) is 2.55. The van der Waals surface area contributed by atoms with Crippen molar-refractivity contribution in [2.24, 2.45) is 0 Å². The number of pyridine rings is 1. The van der Waals surface area contributed by atoms with Crippen LogP contribution in [-0.4, -0.2) is 48.5 Å². The normalized spacial score (nSPS) is 16.9. The van der Waals surface area contributed by atoms with Crippen LogP contribution in [0.5, 0.6) is 0 Å². The van der Waals surface area contributed by atoms with Gasteiger partial charge in [-0.25, -0.2) is 4.98 Å². The Bertz CT molecular complexity index is 424. The number of likely N-dealkylation sites (tertiary alicyclic amines) is 1. The number of piperidine rings is 1. The first-order valence-electron chi connectivity index (χ1n) is 7.40. The number of anilines is 1. The lowest BCUT2D eigenvalue weighted by atomic mass is 10.0. The van der Waals surface area contributed by atoms with Crippen molar-refractivity contribution in [1.82, 2.24) is 15.2 Å². The van der Waals surface area contributed by atoms with Crippen LogP contribution < -0.4 is 10.6 Å². The maximum absolute atomic E-state index is 12.1. The first-order valence-corrected chi connectivity index (χ1v) is 7.40. The van der Waals surface area contributed by atoms with E-state index in [1.165, 1.54) is 6.42 Å². The Balaban J connectivity index is 1.82. The average molecular weight is 276 g/mol. The molecule has 2 heterocycles. The fourth-order valence-electron chi connectivity index (χ4n) is 2.55. The highest BCUT2D eigenvalue weighted by Gasteiger charge is 2.20. The lowest BCUT2D eigenvalue weighted by Gasteiger charge is -2.31. The largest absolute Gasteiger partial charge is 0.387 e. The Morgan fingerprint density at radius 1 is 1.40 bits per heavy atom. The van der Waals surface area contributed by atoms with Gasteiger partial charge in [0.25, 0.3) is 5.91 Å². The standard InChI is InChI=1S/C15H24N4O/c1-3-8-19-9-6-12(7-10-19)18-15(20)14-5-4-13(16-2)11-17-14/h4-5,11-12,16H,3,6-10H2,1-2H3,(H,18,20). The Labute approximate surface area is 120 Å². The predicted octanol–water partition coefficient (Wildman–Crippen LogP) is 1.73. The maximum atomic E-state index is 12.1. The Morgan fingerprint density at radius 2 is 2.15 bits per heavy atom. The van der Waals surface area contributed by atoms with Gasteiger partial charge in [0.15, 0.2) is 0 Å². The minimum atomic E-state index is -0.0680. The zero-order valence-corrected chi connectivity index (χ0v) is 12.4. The number of rotatable bonds is 5. The SMILES string of the molecule is CCCN1CCC(NC(=O)c2ccc(NC)cn2)CC1. The van der Waals surface area contributed by atoms with E-state index in [0.29, 0.717) is 5.69 Å². The van der Waals surface area contributed by atoms with Crippen LogP contribution in [0.3, 0.4) is 0 Å². The van der Waals surface area contributed by atoms with E-state index in [0.717, 1.165) is 38.2 Å². The molecule has 2 N–H and O–H groups in total. The number of amides is 1. The lowest BCUT2D eigenvalue weighted by Crippen LogP contribution is -2.44. The summed E-state index contributed by atoms with van der Waals surface area (Å²) in [5, 5.41) is 6.08. The molecule has 1 amide bonds. The number of aromatic nitrogens is 1. The van der Waals surface area contributed by atoms with E-state index < -0.39 is 0 Å². The van der Waals surface area contributed by atoms with Crippen LogP contribution in [0.4, 0.5) is 5.69 Å². The van der Waals surface area contributed by atoms with Crippen LogP contribution in [0.25, 0.3) is 0 Å². The monoisotopic (exact) mass is 276 g/mol. The van der Waals surface area contributed by atoms with Crippen molar-refractivity contribution >= 4 is 11.6 Å². The van der Waals surface area contributed by atoms with E-state index in [4.69, 9.17) is 0 Å². The molecule has 0 atom stereocenters. The predicted molar refractivity (Wildman–Crippen MR) is 81.0 cm³/mol. The summed E-state index contributed by atoms with van der Waals surface area (Å²) in [5.74, 6) is -0.0680. The van der Waals surface area contributed by atoms with Gasteiger partial charge < -0.3 is 15.5 Å². The van der Waals surface area contributed by atoms with E-state index in [1.54, 1.807) is 12.3 Å². The van der Waals surface area contributed by atoms with Gasteiger partial charge in [-0.3, -0.25) is 4.79 Å². The molecule has 0 aliphatic carbocycles. The zero-order valence-electron chi connectivity index (χ0n) is 12.4. The molecule has 0 radical (unpaired) electrons. The van der Waals surface area contributed by atoms with Crippen molar-refractivity contribution in [1.29, 1.82) is 0 Å². The van der Waals surface area contributed by atoms with Gasteiger partial charge in [-0.2, -0.15) is 0 Å². The van der Waals surface area contributed by atoms with Crippen LogP contribution >= 0.6 is 0 Å². The van der Waals surface area contributed by atoms with Gasteiger partial charge in [0, 0.05) is 26.2 Å².